The summed E-state index contributed by atoms with van der Waals surface area (Å²) < 4.78 is 11.4. The van der Waals surface area contributed by atoms with E-state index in [0.29, 0.717) is 38.5 Å². The van der Waals surface area contributed by atoms with Gasteiger partial charge in [0.15, 0.2) is 0 Å². The van der Waals surface area contributed by atoms with Gasteiger partial charge < -0.3 is 50.3 Å². The molecule has 5 aliphatic carbocycles. The quantitative estimate of drug-likeness (QED) is 0.160. The van der Waals surface area contributed by atoms with Crippen LogP contribution in [-0.2, 0) is 14.3 Å². The Morgan fingerprint density at radius 3 is 2.23 bits per heavy atom. The number of aliphatic hydroxyl groups excluding tert-OH is 7. The number of allylic oxidation sites excluding steroid dienone is 1. The molecule has 4 saturated carbocycles. The van der Waals surface area contributed by atoms with E-state index in [1.807, 2.05) is 20.8 Å². The predicted octanol–water partition coefficient (Wildman–Crippen LogP) is 1.41. The zero-order valence-electron chi connectivity index (χ0n) is 28.8. The van der Waals surface area contributed by atoms with Gasteiger partial charge in [0, 0.05) is 11.3 Å². The lowest BCUT2D eigenvalue weighted by molar-refractivity contribution is -0.299. The highest BCUT2D eigenvalue weighted by molar-refractivity contribution is 5.79. The Kier molecular flexibility index (Phi) is 8.68. The molecule has 47 heavy (non-hydrogen) atoms. The third kappa shape index (κ3) is 4.60. The average Bonchev–Trinajstić information content (AvgIpc) is 3.02. The summed E-state index contributed by atoms with van der Waals surface area (Å²) in [5.41, 5.74) is -3.27. The number of carbonyl (C=O) groups is 1. The Bertz CT molecular complexity index is 1270. The second-order valence-corrected chi connectivity index (χ2v) is 17.5. The molecule has 0 bridgehead atoms. The van der Waals surface area contributed by atoms with Gasteiger partial charge in [0.25, 0.3) is 0 Å². The Morgan fingerprint density at radius 2 is 1.60 bits per heavy atom. The average molecular weight is 667 g/mol. The van der Waals surface area contributed by atoms with Crippen molar-refractivity contribution in [3.63, 3.8) is 0 Å². The number of rotatable bonds is 4. The molecule has 1 aliphatic heterocycles. The zero-order chi connectivity index (χ0) is 34.7. The van der Waals surface area contributed by atoms with Crippen molar-refractivity contribution in [3.05, 3.63) is 11.6 Å². The smallest absolute Gasteiger partial charge is 0.315 e. The fourth-order valence-electron chi connectivity index (χ4n) is 12.4. The van der Waals surface area contributed by atoms with Gasteiger partial charge in [-0.05, 0) is 92.3 Å². The summed E-state index contributed by atoms with van der Waals surface area (Å²) in [6.45, 7) is 11.6. The molecule has 1 heterocycles. The van der Waals surface area contributed by atoms with E-state index < -0.39 is 83.3 Å². The van der Waals surface area contributed by atoms with Crippen molar-refractivity contribution in [1.82, 2.24) is 0 Å². The maximum absolute atomic E-state index is 14.5. The van der Waals surface area contributed by atoms with Gasteiger partial charge in [-0.3, -0.25) is 4.79 Å². The summed E-state index contributed by atoms with van der Waals surface area (Å²) in [5, 5.41) is 86.2. The molecular weight excluding hydrogens is 608 g/mol. The Hall–Kier alpha value is -1.15. The second kappa shape index (κ2) is 11.4. The Morgan fingerprint density at radius 1 is 0.915 bits per heavy atom. The standard InChI is InChI=1S/C36H58O11/c1-18-9-12-36(30(44)47-29-26(42)25(41)24(40)21(16-37)46-29)14-13-33(4)19(27(36)35(18,6)45)7-8-23-31(2)15-20(39)28(43)32(3,17-38)22(31)10-11-34(23,33)5/h7,18,20-29,37-43,45H,8-17H2,1-6H3/t18-,20-,21-,22+,23-,24-,25+,26-,27+,28+,29+,31+,32+,33-,34-,35-,36+/m1/s1. The molecule has 0 aromatic rings. The van der Waals surface area contributed by atoms with Crippen molar-refractivity contribution >= 4 is 5.97 Å². The van der Waals surface area contributed by atoms with E-state index >= 15 is 0 Å². The summed E-state index contributed by atoms with van der Waals surface area (Å²) >= 11 is 0. The van der Waals surface area contributed by atoms with Crippen LogP contribution in [-0.4, -0.2) is 109 Å². The topological polar surface area (TPSA) is 197 Å². The monoisotopic (exact) mass is 666 g/mol. The minimum absolute atomic E-state index is 0.00373. The maximum atomic E-state index is 14.5. The Balaban J connectivity index is 1.40. The number of aliphatic hydroxyl groups is 8. The first kappa shape index (κ1) is 35.7. The van der Waals surface area contributed by atoms with Gasteiger partial charge in [-0.25, -0.2) is 0 Å². The van der Waals surface area contributed by atoms with Crippen molar-refractivity contribution in [2.24, 2.45) is 50.7 Å². The fourth-order valence-corrected chi connectivity index (χ4v) is 12.4. The van der Waals surface area contributed by atoms with Crippen molar-refractivity contribution in [1.29, 1.82) is 0 Å². The fraction of sp³-hybridized carbons (Fsp3) is 0.917. The number of hydrogen-bond donors (Lipinski definition) is 8. The van der Waals surface area contributed by atoms with Crippen LogP contribution in [0.1, 0.15) is 92.9 Å². The molecule has 0 spiro atoms. The highest BCUT2D eigenvalue weighted by atomic mass is 16.7. The largest absolute Gasteiger partial charge is 0.432 e. The maximum Gasteiger partial charge on any atom is 0.315 e. The first-order valence-electron chi connectivity index (χ1n) is 17.7. The molecule has 8 N–H and O–H groups in total. The van der Waals surface area contributed by atoms with E-state index in [2.05, 4.69) is 26.8 Å². The molecule has 6 aliphatic rings. The predicted molar refractivity (Wildman–Crippen MR) is 169 cm³/mol. The highest BCUT2D eigenvalue weighted by Crippen LogP contribution is 2.76. The molecule has 0 amide bonds. The molecule has 0 aromatic carbocycles. The first-order chi connectivity index (χ1) is 21.8. The summed E-state index contributed by atoms with van der Waals surface area (Å²) in [6, 6.07) is 0. The SMILES string of the molecule is C[C@@H]1CC[C@]2(C(=O)O[C@@H]3O[C@H](CO)[C@@H](O)[C@H](O)[C@H]3O)CC[C@]3(C)C(=CC[C@@H]4[C@@]5(C)C[C@@H](O)[C@H](O)[C@@](C)(CO)[C@H]5CC[C@]43C)[C@H]2[C@]1(C)O. The van der Waals surface area contributed by atoms with Gasteiger partial charge in [-0.15, -0.1) is 0 Å². The van der Waals surface area contributed by atoms with E-state index in [4.69, 9.17) is 9.47 Å². The third-order valence-corrected chi connectivity index (χ3v) is 15.6. The summed E-state index contributed by atoms with van der Waals surface area (Å²) in [7, 11) is 0. The molecule has 11 nitrogen and oxygen atoms in total. The van der Waals surface area contributed by atoms with Gasteiger partial charge in [-0.1, -0.05) is 46.3 Å². The minimum Gasteiger partial charge on any atom is -0.432 e. The molecular formula is C36H58O11. The van der Waals surface area contributed by atoms with E-state index in [1.54, 1.807) is 0 Å². The third-order valence-electron chi connectivity index (χ3n) is 15.6. The normalized spacial score (nSPS) is 57.5. The van der Waals surface area contributed by atoms with Crippen LogP contribution in [0.2, 0.25) is 0 Å². The zero-order valence-corrected chi connectivity index (χ0v) is 28.8. The van der Waals surface area contributed by atoms with E-state index in [9.17, 15) is 45.6 Å². The molecule has 6 rings (SSSR count). The summed E-state index contributed by atoms with van der Waals surface area (Å²) in [6.07, 6.45) is -2.75. The number of hydrogen-bond acceptors (Lipinski definition) is 11. The summed E-state index contributed by atoms with van der Waals surface area (Å²) in [5.74, 6) is -1.23. The molecule has 11 heteroatoms. The van der Waals surface area contributed by atoms with Gasteiger partial charge >= 0.3 is 5.97 Å². The molecule has 0 aromatic heterocycles. The van der Waals surface area contributed by atoms with Crippen molar-refractivity contribution < 1.29 is 55.1 Å². The minimum atomic E-state index is -1.72. The van der Waals surface area contributed by atoms with Crippen LogP contribution in [0.15, 0.2) is 11.6 Å². The van der Waals surface area contributed by atoms with Crippen LogP contribution in [0.25, 0.3) is 0 Å². The summed E-state index contributed by atoms with van der Waals surface area (Å²) in [4.78, 5) is 14.5. The number of esters is 1. The number of carbonyl (C=O) groups excluding carboxylic acids is 1. The lowest BCUT2D eigenvalue weighted by atomic mass is 9.33. The number of fused-ring (bicyclic) bond motifs is 7. The number of ether oxygens (including phenoxy) is 2. The van der Waals surface area contributed by atoms with Crippen LogP contribution < -0.4 is 0 Å². The Labute approximate surface area is 278 Å². The van der Waals surface area contributed by atoms with Crippen LogP contribution in [0.4, 0.5) is 0 Å². The van der Waals surface area contributed by atoms with Crippen molar-refractivity contribution in [2.75, 3.05) is 13.2 Å². The van der Waals surface area contributed by atoms with Crippen LogP contribution >= 0.6 is 0 Å². The molecule has 5 fully saturated rings. The molecule has 17 atom stereocenters. The van der Waals surface area contributed by atoms with Gasteiger partial charge in [0.2, 0.25) is 6.29 Å². The lowest BCUT2D eigenvalue weighted by Crippen LogP contribution is -2.69. The van der Waals surface area contributed by atoms with E-state index in [1.165, 1.54) is 0 Å². The van der Waals surface area contributed by atoms with Gasteiger partial charge in [0.1, 0.15) is 24.4 Å². The molecule has 1 saturated heterocycles. The van der Waals surface area contributed by atoms with Crippen LogP contribution in [0.5, 0.6) is 0 Å². The van der Waals surface area contributed by atoms with Crippen LogP contribution in [0, 0.1) is 50.7 Å². The van der Waals surface area contributed by atoms with Gasteiger partial charge in [0.05, 0.1) is 36.4 Å². The second-order valence-electron chi connectivity index (χ2n) is 17.5. The molecule has 0 unspecified atom stereocenters. The van der Waals surface area contributed by atoms with E-state index in [-0.39, 0.29) is 35.2 Å². The first-order valence-corrected chi connectivity index (χ1v) is 17.7. The van der Waals surface area contributed by atoms with Crippen molar-refractivity contribution in [3.8, 4) is 0 Å². The highest BCUT2D eigenvalue weighted by Gasteiger charge is 2.72. The van der Waals surface area contributed by atoms with Crippen LogP contribution in [0.3, 0.4) is 0 Å². The molecule has 0 radical (unpaired) electrons. The van der Waals surface area contributed by atoms with E-state index in [0.717, 1.165) is 18.4 Å². The lowest BCUT2D eigenvalue weighted by Gasteiger charge is -2.72. The van der Waals surface area contributed by atoms with Crippen molar-refractivity contribution in [2.45, 2.75) is 141 Å². The van der Waals surface area contributed by atoms with Gasteiger partial charge in [-0.2, -0.15) is 0 Å². The molecule has 268 valence electrons.